The number of tetrazole rings is 1. The molecule has 3 rings (SSSR count). The second-order valence-corrected chi connectivity index (χ2v) is 5.60. The van der Waals surface area contributed by atoms with Crippen LogP contribution in [0.4, 0.5) is 10.5 Å². The molecule has 1 atom stereocenters. The van der Waals surface area contributed by atoms with E-state index in [9.17, 15) is 4.79 Å². The number of nitrogens with zero attached hydrogens (tertiary/aromatic N) is 5. The van der Waals surface area contributed by atoms with Gasteiger partial charge in [-0.1, -0.05) is 6.92 Å². The molecular formula is C17H19N7O. The minimum atomic E-state index is -0.252. The Balaban J connectivity index is 1.67. The Hall–Kier alpha value is -3.29. The van der Waals surface area contributed by atoms with Crippen molar-refractivity contribution in [3.63, 3.8) is 0 Å². The van der Waals surface area contributed by atoms with Gasteiger partial charge in [0.1, 0.15) is 6.33 Å². The summed E-state index contributed by atoms with van der Waals surface area (Å²) in [5.41, 5.74) is 3.54. The molecule has 0 saturated heterocycles. The summed E-state index contributed by atoms with van der Waals surface area (Å²) in [7, 11) is 0. The molecule has 128 valence electrons. The number of nitrogens with one attached hydrogen (secondary N) is 2. The van der Waals surface area contributed by atoms with Crippen molar-refractivity contribution in [3.05, 3.63) is 60.2 Å². The maximum Gasteiger partial charge on any atom is 0.319 e. The quantitative estimate of drug-likeness (QED) is 0.746. The summed E-state index contributed by atoms with van der Waals surface area (Å²) in [6.45, 7) is 3.96. The van der Waals surface area contributed by atoms with Crippen molar-refractivity contribution < 1.29 is 4.79 Å². The van der Waals surface area contributed by atoms with Gasteiger partial charge in [-0.25, -0.2) is 9.48 Å². The average molecular weight is 337 g/mol. The molecule has 3 aromatic rings. The van der Waals surface area contributed by atoms with Crippen molar-refractivity contribution in [1.29, 1.82) is 0 Å². The molecule has 2 N–H and O–H groups in total. The Morgan fingerprint density at radius 3 is 2.68 bits per heavy atom. The molecular weight excluding hydrogens is 318 g/mol. The van der Waals surface area contributed by atoms with Crippen LogP contribution in [0.15, 0.2) is 49.1 Å². The lowest BCUT2D eigenvalue weighted by molar-refractivity contribution is 0.248. The number of amides is 2. The Morgan fingerprint density at radius 2 is 2.04 bits per heavy atom. The summed E-state index contributed by atoms with van der Waals surface area (Å²) >= 11 is 0. The van der Waals surface area contributed by atoms with Crippen molar-refractivity contribution in [1.82, 2.24) is 30.5 Å². The van der Waals surface area contributed by atoms with E-state index in [1.807, 2.05) is 44.2 Å². The number of aromatic nitrogens is 5. The zero-order valence-electron chi connectivity index (χ0n) is 14.0. The van der Waals surface area contributed by atoms with Crippen LogP contribution >= 0.6 is 0 Å². The number of aryl methyl sites for hydroxylation is 1. The fourth-order valence-corrected chi connectivity index (χ4v) is 2.60. The molecule has 0 aliphatic heterocycles. The molecule has 8 heteroatoms. The topological polar surface area (TPSA) is 97.6 Å². The third kappa shape index (κ3) is 3.97. The number of carbonyl (C=O) groups excluding carboxylic acids is 1. The van der Waals surface area contributed by atoms with E-state index in [2.05, 4.69) is 31.1 Å². The van der Waals surface area contributed by atoms with Gasteiger partial charge in [0.25, 0.3) is 0 Å². The number of hydrogen-bond donors (Lipinski definition) is 2. The van der Waals surface area contributed by atoms with Gasteiger partial charge in [0.2, 0.25) is 0 Å². The first-order valence-corrected chi connectivity index (χ1v) is 7.99. The molecule has 0 fully saturated rings. The minimum absolute atomic E-state index is 0.0652. The van der Waals surface area contributed by atoms with Gasteiger partial charge >= 0.3 is 6.03 Å². The predicted octanol–water partition coefficient (Wildman–Crippen LogP) is 2.64. The summed E-state index contributed by atoms with van der Waals surface area (Å²) in [6, 6.07) is 9.05. The lowest BCUT2D eigenvalue weighted by Gasteiger charge is -2.18. The third-order valence-electron chi connectivity index (χ3n) is 3.87. The normalized spacial score (nSPS) is 11.8. The van der Waals surface area contributed by atoms with E-state index in [1.54, 1.807) is 17.1 Å². The van der Waals surface area contributed by atoms with Crippen LogP contribution in [0.3, 0.4) is 0 Å². The summed E-state index contributed by atoms with van der Waals surface area (Å²) < 4.78 is 1.58. The van der Waals surface area contributed by atoms with Gasteiger partial charge < -0.3 is 10.6 Å². The van der Waals surface area contributed by atoms with Gasteiger partial charge in [-0.2, -0.15) is 0 Å². The number of hydrogen-bond acceptors (Lipinski definition) is 5. The Labute approximate surface area is 145 Å². The second kappa shape index (κ2) is 7.52. The number of pyridine rings is 1. The van der Waals surface area contributed by atoms with Crippen LogP contribution in [0.2, 0.25) is 0 Å². The summed E-state index contributed by atoms with van der Waals surface area (Å²) in [6.07, 6.45) is 5.76. The Morgan fingerprint density at radius 1 is 1.24 bits per heavy atom. The number of benzene rings is 1. The first kappa shape index (κ1) is 16.6. The van der Waals surface area contributed by atoms with Crippen LogP contribution in [0, 0.1) is 6.92 Å². The van der Waals surface area contributed by atoms with Crippen LogP contribution in [-0.2, 0) is 0 Å². The molecule has 0 aliphatic carbocycles. The van der Waals surface area contributed by atoms with Crippen molar-refractivity contribution in [2.24, 2.45) is 0 Å². The Kier molecular flexibility index (Phi) is 4.98. The summed E-state index contributed by atoms with van der Waals surface area (Å²) in [5.74, 6) is 0. The van der Waals surface area contributed by atoms with Crippen LogP contribution in [0.5, 0.6) is 0 Å². The van der Waals surface area contributed by atoms with E-state index in [0.29, 0.717) is 5.69 Å². The molecule has 1 aromatic carbocycles. The maximum absolute atomic E-state index is 12.3. The maximum atomic E-state index is 12.3. The zero-order valence-corrected chi connectivity index (χ0v) is 14.0. The third-order valence-corrected chi connectivity index (χ3v) is 3.87. The fourth-order valence-electron chi connectivity index (χ4n) is 2.60. The van der Waals surface area contributed by atoms with Crippen molar-refractivity contribution in [2.45, 2.75) is 26.3 Å². The highest BCUT2D eigenvalue weighted by Crippen LogP contribution is 2.19. The van der Waals surface area contributed by atoms with Crippen LogP contribution in [-0.4, -0.2) is 31.2 Å². The number of carbonyl (C=O) groups is 1. The van der Waals surface area contributed by atoms with Gasteiger partial charge in [0, 0.05) is 18.1 Å². The van der Waals surface area contributed by atoms with Crippen molar-refractivity contribution in [3.8, 4) is 5.69 Å². The largest absolute Gasteiger partial charge is 0.331 e. The average Bonchev–Trinajstić information content (AvgIpc) is 3.15. The van der Waals surface area contributed by atoms with E-state index >= 15 is 0 Å². The highest BCUT2D eigenvalue weighted by Gasteiger charge is 2.13. The van der Waals surface area contributed by atoms with Gasteiger partial charge in [0.05, 0.1) is 11.7 Å². The molecule has 2 amide bonds. The molecule has 0 saturated carbocycles. The van der Waals surface area contributed by atoms with Gasteiger partial charge in [-0.3, -0.25) is 4.98 Å². The van der Waals surface area contributed by atoms with Crippen LogP contribution < -0.4 is 10.6 Å². The second-order valence-electron chi connectivity index (χ2n) is 5.60. The standard InChI is InChI=1S/C17H19N7O/c1-3-15(13-6-8-18-9-7-13)21-17(25)20-14-4-5-16(12(2)10-14)24-11-19-22-23-24/h4-11,15H,3H2,1-2H3,(H2,20,21,25). The molecule has 0 spiro atoms. The van der Waals surface area contributed by atoms with Gasteiger partial charge in [-0.15, -0.1) is 5.10 Å². The summed E-state index contributed by atoms with van der Waals surface area (Å²) in [4.78, 5) is 16.3. The molecule has 2 heterocycles. The molecule has 0 bridgehead atoms. The first-order chi connectivity index (χ1) is 12.2. The monoisotopic (exact) mass is 337 g/mol. The van der Waals surface area contributed by atoms with E-state index in [1.165, 1.54) is 6.33 Å². The lowest BCUT2D eigenvalue weighted by Crippen LogP contribution is -2.32. The van der Waals surface area contributed by atoms with E-state index in [0.717, 1.165) is 23.2 Å². The van der Waals surface area contributed by atoms with Crippen LogP contribution in [0.1, 0.15) is 30.5 Å². The summed E-state index contributed by atoms with van der Waals surface area (Å²) in [5, 5.41) is 17.0. The first-order valence-electron chi connectivity index (χ1n) is 7.99. The number of urea groups is 1. The molecule has 2 aromatic heterocycles. The smallest absolute Gasteiger partial charge is 0.319 e. The van der Waals surface area contributed by atoms with Crippen molar-refractivity contribution in [2.75, 3.05) is 5.32 Å². The van der Waals surface area contributed by atoms with Gasteiger partial charge in [-0.05, 0) is 65.2 Å². The van der Waals surface area contributed by atoms with E-state index in [-0.39, 0.29) is 12.1 Å². The molecule has 0 aliphatic rings. The zero-order chi connectivity index (χ0) is 17.6. The Bertz CT molecular complexity index is 833. The highest BCUT2D eigenvalue weighted by atomic mass is 16.2. The number of anilines is 1. The lowest BCUT2D eigenvalue weighted by atomic mass is 10.1. The molecule has 8 nitrogen and oxygen atoms in total. The molecule has 1 unspecified atom stereocenters. The SMILES string of the molecule is CCC(NC(=O)Nc1ccc(-n2cnnn2)c(C)c1)c1ccncc1. The van der Waals surface area contributed by atoms with E-state index in [4.69, 9.17) is 0 Å². The predicted molar refractivity (Wildman–Crippen MR) is 93.3 cm³/mol. The minimum Gasteiger partial charge on any atom is -0.331 e. The molecule has 0 radical (unpaired) electrons. The van der Waals surface area contributed by atoms with Gasteiger partial charge in [0.15, 0.2) is 0 Å². The van der Waals surface area contributed by atoms with Crippen LogP contribution in [0.25, 0.3) is 5.69 Å². The van der Waals surface area contributed by atoms with Crippen molar-refractivity contribution >= 4 is 11.7 Å². The van der Waals surface area contributed by atoms with E-state index < -0.39 is 0 Å². The fraction of sp³-hybridized carbons (Fsp3) is 0.235. The molecule has 25 heavy (non-hydrogen) atoms. The highest BCUT2D eigenvalue weighted by molar-refractivity contribution is 5.89. The number of rotatable bonds is 5.